The number of pyridine rings is 1. The number of fused-ring (bicyclic) bond motifs is 2. The van der Waals surface area contributed by atoms with Crippen LogP contribution in [0.3, 0.4) is 0 Å². The lowest BCUT2D eigenvalue weighted by molar-refractivity contribution is 0.624. The van der Waals surface area contributed by atoms with Crippen LogP contribution in [0.1, 0.15) is 37.9 Å². The van der Waals surface area contributed by atoms with Crippen molar-refractivity contribution in [1.82, 2.24) is 4.57 Å². The van der Waals surface area contributed by atoms with E-state index < -0.39 is 0 Å². The highest BCUT2D eigenvalue weighted by atomic mass is 16.1. The molecular formula is C18H21NO. The molecule has 2 aromatic rings. The van der Waals surface area contributed by atoms with Gasteiger partial charge in [0.05, 0.1) is 5.52 Å². The second-order valence-corrected chi connectivity index (χ2v) is 5.76. The molecule has 1 aliphatic rings. The lowest BCUT2D eigenvalue weighted by Crippen LogP contribution is -2.22. The highest BCUT2D eigenvalue weighted by Crippen LogP contribution is 2.25. The third-order valence-electron chi connectivity index (χ3n) is 4.16. The van der Waals surface area contributed by atoms with Crippen molar-refractivity contribution in [3.05, 3.63) is 51.8 Å². The first kappa shape index (κ1) is 13.2. The molecule has 1 unspecified atom stereocenters. The van der Waals surface area contributed by atoms with Crippen molar-refractivity contribution in [3.8, 4) is 0 Å². The number of aromatic nitrogens is 1. The van der Waals surface area contributed by atoms with Crippen LogP contribution in [0.2, 0.25) is 0 Å². The smallest absolute Gasteiger partial charge is 0.193 e. The fourth-order valence-electron chi connectivity index (χ4n) is 3.06. The Labute approximate surface area is 119 Å². The van der Waals surface area contributed by atoms with Gasteiger partial charge in [0.15, 0.2) is 5.43 Å². The Morgan fingerprint density at radius 3 is 2.90 bits per heavy atom. The summed E-state index contributed by atoms with van der Waals surface area (Å²) >= 11 is 0. The Hall–Kier alpha value is -1.83. The van der Waals surface area contributed by atoms with Crippen LogP contribution in [0.15, 0.2) is 35.1 Å². The molecule has 2 heteroatoms. The van der Waals surface area contributed by atoms with Crippen LogP contribution in [0.4, 0.5) is 0 Å². The standard InChI is InChI=1S/C18H21NO/c1-3-4-11-19-16-8-6-5-7-14(16)18(20)15-12-13(2)9-10-17(15)19/h5-10,13H,3-4,11-12H2,1-2H3. The zero-order valence-corrected chi connectivity index (χ0v) is 12.2. The summed E-state index contributed by atoms with van der Waals surface area (Å²) in [5.74, 6) is 0.455. The van der Waals surface area contributed by atoms with Crippen molar-refractivity contribution < 1.29 is 0 Å². The molecule has 1 aromatic heterocycles. The molecule has 0 radical (unpaired) electrons. The largest absolute Gasteiger partial charge is 0.341 e. The van der Waals surface area contributed by atoms with Gasteiger partial charge in [-0.3, -0.25) is 4.79 Å². The topological polar surface area (TPSA) is 22.0 Å². The van der Waals surface area contributed by atoms with Gasteiger partial charge in [0.2, 0.25) is 0 Å². The minimum Gasteiger partial charge on any atom is -0.341 e. The monoisotopic (exact) mass is 267 g/mol. The summed E-state index contributed by atoms with van der Waals surface area (Å²) in [6.07, 6.45) is 7.53. The summed E-state index contributed by atoms with van der Waals surface area (Å²) in [6, 6.07) is 8.01. The lowest BCUT2D eigenvalue weighted by Gasteiger charge is -2.22. The number of hydrogen-bond acceptors (Lipinski definition) is 1. The average Bonchev–Trinajstić information content (AvgIpc) is 2.48. The summed E-state index contributed by atoms with van der Waals surface area (Å²) < 4.78 is 2.33. The predicted molar refractivity (Wildman–Crippen MR) is 85.0 cm³/mol. The number of benzene rings is 1. The second-order valence-electron chi connectivity index (χ2n) is 5.76. The van der Waals surface area contributed by atoms with Crippen molar-refractivity contribution in [3.63, 3.8) is 0 Å². The van der Waals surface area contributed by atoms with Crippen LogP contribution >= 0.6 is 0 Å². The van der Waals surface area contributed by atoms with Gasteiger partial charge in [-0.1, -0.05) is 38.5 Å². The molecule has 1 atom stereocenters. The molecule has 1 heterocycles. The van der Waals surface area contributed by atoms with E-state index in [1.807, 2.05) is 18.2 Å². The number of hydrogen-bond donors (Lipinski definition) is 0. The van der Waals surface area contributed by atoms with E-state index in [9.17, 15) is 4.79 Å². The van der Waals surface area contributed by atoms with Gasteiger partial charge < -0.3 is 4.57 Å². The molecule has 0 bridgehead atoms. The minimum atomic E-state index is 0.222. The van der Waals surface area contributed by atoms with E-state index >= 15 is 0 Å². The first-order valence-electron chi connectivity index (χ1n) is 7.55. The summed E-state index contributed by atoms with van der Waals surface area (Å²) in [7, 11) is 0. The van der Waals surface area contributed by atoms with Crippen LogP contribution in [-0.4, -0.2) is 4.57 Å². The predicted octanol–water partition coefficient (Wildman–Crippen LogP) is 4.01. The normalized spacial score (nSPS) is 17.4. The number of nitrogens with zero attached hydrogens (tertiary/aromatic N) is 1. The van der Waals surface area contributed by atoms with E-state index in [1.165, 1.54) is 0 Å². The fraction of sp³-hybridized carbons (Fsp3) is 0.389. The number of para-hydroxylation sites is 1. The van der Waals surface area contributed by atoms with E-state index in [2.05, 4.69) is 36.6 Å². The molecule has 0 spiro atoms. The summed E-state index contributed by atoms with van der Waals surface area (Å²) in [6.45, 7) is 5.36. The van der Waals surface area contributed by atoms with Gasteiger partial charge in [0, 0.05) is 23.2 Å². The maximum atomic E-state index is 12.7. The van der Waals surface area contributed by atoms with E-state index in [1.54, 1.807) is 0 Å². The Morgan fingerprint density at radius 1 is 1.30 bits per heavy atom. The van der Waals surface area contributed by atoms with Gasteiger partial charge in [-0.25, -0.2) is 0 Å². The van der Waals surface area contributed by atoms with Gasteiger partial charge in [0.25, 0.3) is 0 Å². The van der Waals surface area contributed by atoms with Gasteiger partial charge in [-0.05, 0) is 37.0 Å². The number of allylic oxidation sites excluding steroid dienone is 1. The molecule has 0 N–H and O–H groups in total. The van der Waals surface area contributed by atoms with Crippen LogP contribution in [0.5, 0.6) is 0 Å². The first-order chi connectivity index (χ1) is 9.72. The molecule has 1 aromatic carbocycles. The van der Waals surface area contributed by atoms with Crippen molar-refractivity contribution in [2.75, 3.05) is 0 Å². The third kappa shape index (κ3) is 2.09. The number of unbranched alkanes of at least 4 members (excludes halogenated alkanes) is 1. The van der Waals surface area contributed by atoms with Gasteiger partial charge >= 0.3 is 0 Å². The zero-order chi connectivity index (χ0) is 14.1. The quantitative estimate of drug-likeness (QED) is 0.823. The molecule has 0 aliphatic heterocycles. The highest BCUT2D eigenvalue weighted by molar-refractivity contribution is 5.82. The molecule has 0 fully saturated rings. The van der Waals surface area contributed by atoms with Crippen LogP contribution in [0.25, 0.3) is 17.0 Å². The maximum Gasteiger partial charge on any atom is 0.193 e. The molecule has 2 nitrogen and oxygen atoms in total. The Kier molecular flexibility index (Phi) is 3.47. The average molecular weight is 267 g/mol. The molecule has 20 heavy (non-hydrogen) atoms. The van der Waals surface area contributed by atoms with Crippen molar-refractivity contribution >= 4 is 17.0 Å². The summed E-state index contributed by atoms with van der Waals surface area (Å²) in [5.41, 5.74) is 3.42. The van der Waals surface area contributed by atoms with Crippen molar-refractivity contribution in [2.24, 2.45) is 5.92 Å². The summed E-state index contributed by atoms with van der Waals surface area (Å²) in [5, 5.41) is 0.866. The lowest BCUT2D eigenvalue weighted by atomic mass is 9.92. The van der Waals surface area contributed by atoms with Crippen LogP contribution in [0, 0.1) is 5.92 Å². The molecule has 0 saturated carbocycles. The molecule has 0 saturated heterocycles. The van der Waals surface area contributed by atoms with E-state index in [4.69, 9.17) is 0 Å². The maximum absolute atomic E-state index is 12.7. The highest BCUT2D eigenvalue weighted by Gasteiger charge is 2.19. The van der Waals surface area contributed by atoms with E-state index in [0.717, 1.165) is 48.0 Å². The van der Waals surface area contributed by atoms with E-state index in [0.29, 0.717) is 5.92 Å². The Bertz CT molecular complexity index is 724. The first-order valence-corrected chi connectivity index (χ1v) is 7.55. The zero-order valence-electron chi connectivity index (χ0n) is 12.2. The third-order valence-corrected chi connectivity index (χ3v) is 4.16. The molecular weight excluding hydrogens is 246 g/mol. The van der Waals surface area contributed by atoms with Crippen LogP contribution < -0.4 is 5.43 Å². The number of aryl methyl sites for hydroxylation is 1. The second kappa shape index (κ2) is 5.28. The molecule has 3 rings (SSSR count). The van der Waals surface area contributed by atoms with Crippen LogP contribution in [-0.2, 0) is 13.0 Å². The minimum absolute atomic E-state index is 0.222. The molecule has 0 amide bonds. The summed E-state index contributed by atoms with van der Waals surface area (Å²) in [4.78, 5) is 12.7. The van der Waals surface area contributed by atoms with Crippen molar-refractivity contribution in [1.29, 1.82) is 0 Å². The van der Waals surface area contributed by atoms with E-state index in [-0.39, 0.29) is 5.43 Å². The van der Waals surface area contributed by atoms with Gasteiger partial charge in [0.1, 0.15) is 0 Å². The Balaban J connectivity index is 2.32. The van der Waals surface area contributed by atoms with Crippen molar-refractivity contribution in [2.45, 2.75) is 39.7 Å². The molecule has 104 valence electrons. The number of rotatable bonds is 3. The van der Waals surface area contributed by atoms with Gasteiger partial charge in [-0.15, -0.1) is 0 Å². The fourth-order valence-corrected chi connectivity index (χ4v) is 3.06. The SMILES string of the molecule is CCCCn1c2c(c(=O)c3ccccc31)CC(C)C=C2. The molecule has 1 aliphatic carbocycles. The Morgan fingerprint density at radius 2 is 2.10 bits per heavy atom. The van der Waals surface area contributed by atoms with Gasteiger partial charge in [-0.2, -0.15) is 0 Å².